The molecule has 0 fully saturated rings. The molecule has 0 spiro atoms. The zero-order chi connectivity index (χ0) is 14.1. The molecule has 0 saturated heterocycles. The topological polar surface area (TPSA) is 64.7 Å². The van der Waals surface area contributed by atoms with Crippen LogP contribution in [0.4, 0.5) is 0 Å². The highest BCUT2D eigenvalue weighted by Gasteiger charge is 2.19. The highest BCUT2D eigenvalue weighted by atomic mass is 32.1. The molecule has 0 atom stereocenters. The molecule has 0 N–H and O–H groups in total. The summed E-state index contributed by atoms with van der Waals surface area (Å²) < 4.78 is 4.03. The van der Waals surface area contributed by atoms with Crippen molar-refractivity contribution in [1.29, 1.82) is 0 Å². The van der Waals surface area contributed by atoms with Gasteiger partial charge in [-0.15, -0.1) is 11.3 Å². The van der Waals surface area contributed by atoms with E-state index in [4.69, 9.17) is 4.98 Å². The Bertz CT molecular complexity index is 701. The number of fused-ring (bicyclic) bond motifs is 1. The average Bonchev–Trinajstić information content (AvgIpc) is 3.19. The van der Waals surface area contributed by atoms with Crippen molar-refractivity contribution in [2.45, 2.75) is 26.2 Å². The second kappa shape index (κ2) is 5.38. The quantitative estimate of drug-likeness (QED) is 0.719. The average molecular weight is 301 g/mol. The van der Waals surface area contributed by atoms with Crippen LogP contribution in [0, 0.1) is 0 Å². The maximum absolute atomic E-state index is 4.72. The summed E-state index contributed by atoms with van der Waals surface area (Å²) in [6, 6.07) is 0. The van der Waals surface area contributed by atoms with Crippen molar-refractivity contribution < 1.29 is 0 Å². The van der Waals surface area contributed by atoms with Gasteiger partial charge in [-0.25, -0.2) is 19.6 Å². The maximum Gasteiger partial charge on any atom is 0.137 e. The van der Waals surface area contributed by atoms with Crippen LogP contribution in [-0.2, 0) is 26.2 Å². The summed E-state index contributed by atoms with van der Waals surface area (Å²) in [7, 11) is 0. The molecule has 1 aliphatic heterocycles. The summed E-state index contributed by atoms with van der Waals surface area (Å²) in [4.78, 5) is 15.4. The van der Waals surface area contributed by atoms with E-state index in [1.165, 1.54) is 0 Å². The van der Waals surface area contributed by atoms with Crippen LogP contribution in [0.15, 0.2) is 30.4 Å². The molecule has 7 nitrogen and oxygen atoms in total. The third-order valence-corrected chi connectivity index (χ3v) is 4.33. The molecule has 0 aliphatic carbocycles. The standard InChI is InChI=1S/C13H15N7S/c1-4-21-13(15-1)8-18-2-3-19-5-11(17-12(19)7-18)6-20-10-14-9-16-20/h1,4-5,9-10H,2-3,6-8H2. The molecule has 1 aliphatic rings. The summed E-state index contributed by atoms with van der Waals surface area (Å²) in [5.74, 6) is 1.12. The number of rotatable bonds is 4. The van der Waals surface area contributed by atoms with E-state index in [0.29, 0.717) is 6.54 Å². The first-order valence-corrected chi connectivity index (χ1v) is 7.73. The van der Waals surface area contributed by atoms with Gasteiger partial charge in [-0.3, -0.25) is 4.90 Å². The number of imidazole rings is 1. The number of hydrogen-bond donors (Lipinski definition) is 0. The fourth-order valence-electron chi connectivity index (χ4n) is 2.58. The second-order valence-electron chi connectivity index (χ2n) is 5.07. The van der Waals surface area contributed by atoms with Crippen LogP contribution in [0.25, 0.3) is 0 Å². The van der Waals surface area contributed by atoms with Crippen LogP contribution in [0.3, 0.4) is 0 Å². The molecule has 21 heavy (non-hydrogen) atoms. The van der Waals surface area contributed by atoms with Gasteiger partial charge in [-0.05, 0) is 0 Å². The Kier molecular flexibility index (Phi) is 3.24. The summed E-state index contributed by atoms with van der Waals surface area (Å²) in [5.41, 5.74) is 1.03. The van der Waals surface area contributed by atoms with E-state index in [9.17, 15) is 0 Å². The van der Waals surface area contributed by atoms with Gasteiger partial charge < -0.3 is 4.57 Å². The largest absolute Gasteiger partial charge is 0.332 e. The number of hydrogen-bond acceptors (Lipinski definition) is 6. The van der Waals surface area contributed by atoms with E-state index in [1.54, 1.807) is 28.7 Å². The summed E-state index contributed by atoms with van der Waals surface area (Å²) in [5, 5.41) is 7.31. The Morgan fingerprint density at radius 3 is 3.05 bits per heavy atom. The van der Waals surface area contributed by atoms with Gasteiger partial charge in [0.1, 0.15) is 23.5 Å². The first-order chi connectivity index (χ1) is 10.4. The monoisotopic (exact) mass is 301 g/mol. The van der Waals surface area contributed by atoms with E-state index in [0.717, 1.165) is 42.7 Å². The molecular weight excluding hydrogens is 286 g/mol. The fraction of sp³-hybridized carbons (Fsp3) is 0.385. The molecule has 0 saturated carbocycles. The van der Waals surface area contributed by atoms with Crippen molar-refractivity contribution in [3.8, 4) is 0 Å². The molecule has 3 aromatic heterocycles. The van der Waals surface area contributed by atoms with Crippen LogP contribution >= 0.6 is 11.3 Å². The molecule has 0 amide bonds. The molecular formula is C13H15N7S. The van der Waals surface area contributed by atoms with Gasteiger partial charge in [0.25, 0.3) is 0 Å². The Balaban J connectivity index is 1.46. The number of nitrogens with zero attached hydrogens (tertiary/aromatic N) is 7. The maximum atomic E-state index is 4.72. The second-order valence-corrected chi connectivity index (χ2v) is 6.05. The fourth-order valence-corrected chi connectivity index (χ4v) is 3.23. The summed E-state index contributed by atoms with van der Waals surface area (Å²) in [6.45, 7) is 4.46. The van der Waals surface area contributed by atoms with Gasteiger partial charge in [0.15, 0.2) is 0 Å². The van der Waals surface area contributed by atoms with Crippen LogP contribution in [0.2, 0.25) is 0 Å². The lowest BCUT2D eigenvalue weighted by Gasteiger charge is -2.26. The molecule has 4 heterocycles. The predicted octanol–water partition coefficient (Wildman–Crippen LogP) is 0.995. The molecule has 0 bridgehead atoms. The Hall–Kier alpha value is -2.06. The van der Waals surface area contributed by atoms with Crippen molar-refractivity contribution in [1.82, 2.24) is 34.2 Å². The lowest BCUT2D eigenvalue weighted by atomic mass is 10.3. The van der Waals surface area contributed by atoms with Crippen molar-refractivity contribution in [3.63, 3.8) is 0 Å². The first-order valence-electron chi connectivity index (χ1n) is 6.85. The summed E-state index contributed by atoms with van der Waals surface area (Å²) in [6.07, 6.45) is 7.25. The van der Waals surface area contributed by atoms with Crippen molar-refractivity contribution in [2.75, 3.05) is 6.54 Å². The third-order valence-electron chi connectivity index (χ3n) is 3.56. The minimum atomic E-state index is 0.673. The smallest absolute Gasteiger partial charge is 0.137 e. The van der Waals surface area contributed by atoms with Gasteiger partial charge in [0, 0.05) is 30.9 Å². The van der Waals surface area contributed by atoms with Crippen molar-refractivity contribution >= 4 is 11.3 Å². The normalized spacial score (nSPS) is 15.2. The molecule has 0 aromatic carbocycles. The van der Waals surface area contributed by atoms with Crippen LogP contribution < -0.4 is 0 Å². The van der Waals surface area contributed by atoms with E-state index < -0.39 is 0 Å². The predicted molar refractivity (Wildman–Crippen MR) is 77.6 cm³/mol. The van der Waals surface area contributed by atoms with E-state index in [-0.39, 0.29) is 0 Å². The molecule has 0 radical (unpaired) electrons. The highest BCUT2D eigenvalue weighted by molar-refractivity contribution is 7.09. The van der Waals surface area contributed by atoms with Crippen LogP contribution in [0.1, 0.15) is 16.5 Å². The summed E-state index contributed by atoms with van der Waals surface area (Å²) >= 11 is 1.71. The zero-order valence-corrected chi connectivity index (χ0v) is 12.3. The molecule has 3 aromatic rings. The third kappa shape index (κ3) is 2.72. The zero-order valence-electron chi connectivity index (χ0n) is 11.5. The molecule has 4 rings (SSSR count). The van der Waals surface area contributed by atoms with Gasteiger partial charge in [-0.2, -0.15) is 5.10 Å². The molecule has 8 heteroatoms. The van der Waals surface area contributed by atoms with Gasteiger partial charge in [-0.1, -0.05) is 0 Å². The van der Waals surface area contributed by atoms with E-state index >= 15 is 0 Å². The molecule has 0 unspecified atom stereocenters. The molecule has 108 valence electrons. The number of aromatic nitrogens is 6. The van der Waals surface area contributed by atoms with Crippen LogP contribution in [-0.4, -0.2) is 40.7 Å². The van der Waals surface area contributed by atoms with Gasteiger partial charge >= 0.3 is 0 Å². The van der Waals surface area contributed by atoms with E-state index in [2.05, 4.69) is 30.7 Å². The Morgan fingerprint density at radius 2 is 2.24 bits per heavy atom. The first kappa shape index (κ1) is 12.7. The van der Waals surface area contributed by atoms with Crippen LogP contribution in [0.5, 0.6) is 0 Å². The number of thiazole rings is 1. The van der Waals surface area contributed by atoms with Gasteiger partial charge in [0.05, 0.1) is 25.3 Å². The lowest BCUT2D eigenvalue weighted by Crippen LogP contribution is -2.33. The highest BCUT2D eigenvalue weighted by Crippen LogP contribution is 2.16. The Labute approximate surface area is 125 Å². The Morgan fingerprint density at radius 1 is 1.24 bits per heavy atom. The van der Waals surface area contributed by atoms with Crippen molar-refractivity contribution in [3.05, 3.63) is 47.0 Å². The minimum absolute atomic E-state index is 0.673. The van der Waals surface area contributed by atoms with Gasteiger partial charge in [0.2, 0.25) is 0 Å². The van der Waals surface area contributed by atoms with Crippen molar-refractivity contribution in [2.24, 2.45) is 0 Å². The van der Waals surface area contributed by atoms with E-state index in [1.807, 2.05) is 11.6 Å². The SMILES string of the molecule is c1csc(CN2CCn3cc(Cn4cncn4)nc3C2)n1. The lowest BCUT2D eigenvalue weighted by molar-refractivity contribution is 0.208. The minimum Gasteiger partial charge on any atom is -0.332 e.